The number of hydrogen-bond donors (Lipinski definition) is 0. The lowest BCUT2D eigenvalue weighted by Gasteiger charge is -2.13. The largest absolute Gasteiger partial charge is 0.311 e. The van der Waals surface area contributed by atoms with Crippen LogP contribution in [0.2, 0.25) is 0 Å². The predicted molar refractivity (Wildman–Crippen MR) is 54.3 cm³/mol. The molecule has 0 fully saturated rings. The van der Waals surface area contributed by atoms with E-state index in [0.717, 1.165) is 19.3 Å². The summed E-state index contributed by atoms with van der Waals surface area (Å²) in [7, 11) is 0. The fraction of sp³-hybridized carbons (Fsp3) is 0.909. The lowest BCUT2D eigenvalue weighted by molar-refractivity contribution is 0.371. The molecule has 0 aromatic carbocycles. The summed E-state index contributed by atoms with van der Waals surface area (Å²) in [4.78, 5) is 3.54. The summed E-state index contributed by atoms with van der Waals surface area (Å²) in [5.41, 5.74) is -0.227. The summed E-state index contributed by atoms with van der Waals surface area (Å²) in [5, 5.41) is 0. The molecule has 13 heavy (non-hydrogen) atoms. The van der Waals surface area contributed by atoms with Gasteiger partial charge >= 0.3 is 0 Å². The summed E-state index contributed by atoms with van der Waals surface area (Å²) in [6.07, 6.45) is 3.67. The molecule has 0 N–H and O–H groups in total. The Morgan fingerprint density at radius 1 is 1.38 bits per heavy atom. The van der Waals surface area contributed by atoms with Crippen LogP contribution in [0.3, 0.4) is 0 Å². The van der Waals surface area contributed by atoms with Gasteiger partial charge in [0.25, 0.3) is 0 Å². The van der Waals surface area contributed by atoms with Crippen LogP contribution in [0.4, 0.5) is 4.39 Å². The molecule has 0 amide bonds. The van der Waals surface area contributed by atoms with Gasteiger partial charge in [0.1, 0.15) is 0 Å². The highest BCUT2D eigenvalue weighted by atomic mass is 19.1. The summed E-state index contributed by atoms with van der Waals surface area (Å²) in [6, 6.07) is 0. The normalized spacial score (nSPS) is 13.8. The van der Waals surface area contributed by atoms with Crippen LogP contribution in [-0.4, -0.2) is 12.2 Å². The van der Waals surface area contributed by atoms with Gasteiger partial charge < -0.3 is 4.85 Å². The van der Waals surface area contributed by atoms with Crippen molar-refractivity contribution >= 4 is 0 Å². The molecule has 1 unspecified atom stereocenters. The zero-order chi connectivity index (χ0) is 10.3. The van der Waals surface area contributed by atoms with Crippen molar-refractivity contribution < 1.29 is 4.39 Å². The first kappa shape index (κ1) is 12.4. The lowest BCUT2D eigenvalue weighted by Crippen LogP contribution is -2.13. The van der Waals surface area contributed by atoms with Crippen LogP contribution >= 0.6 is 0 Å². The van der Waals surface area contributed by atoms with Crippen molar-refractivity contribution in [3.63, 3.8) is 0 Å². The Kier molecular flexibility index (Phi) is 5.70. The molecule has 0 aromatic heterocycles. The molecular weight excluding hydrogens is 165 g/mol. The Labute approximate surface area is 81.2 Å². The highest BCUT2D eigenvalue weighted by Gasteiger charge is 2.21. The third kappa shape index (κ3) is 6.57. The first-order chi connectivity index (χ1) is 6.02. The van der Waals surface area contributed by atoms with Crippen LogP contribution < -0.4 is 0 Å². The van der Waals surface area contributed by atoms with E-state index in [0.29, 0.717) is 12.3 Å². The topological polar surface area (TPSA) is 4.36 Å². The Bertz CT molecular complexity index is 169. The second-order valence-electron chi connectivity index (χ2n) is 4.40. The van der Waals surface area contributed by atoms with Gasteiger partial charge in [-0.15, -0.1) is 0 Å². The molecule has 0 aliphatic carbocycles. The summed E-state index contributed by atoms with van der Waals surface area (Å²) >= 11 is 0. The van der Waals surface area contributed by atoms with E-state index in [1.807, 2.05) is 13.8 Å². The molecule has 0 heterocycles. The van der Waals surface area contributed by atoms with Crippen molar-refractivity contribution in [1.29, 1.82) is 0 Å². The molecular formula is C11H20FN. The number of hydrogen-bond acceptors (Lipinski definition) is 0. The minimum Gasteiger partial charge on any atom is -0.311 e. The quantitative estimate of drug-likeness (QED) is 0.554. The Morgan fingerprint density at radius 2 is 2.00 bits per heavy atom. The SMILES string of the molecule is [C-]#[N+]C(C)(C)CCCC(C)CCF. The van der Waals surface area contributed by atoms with Crippen molar-refractivity contribution in [3.05, 3.63) is 11.4 Å². The molecule has 0 spiro atoms. The summed E-state index contributed by atoms with van der Waals surface area (Å²) in [6.45, 7) is 12.7. The van der Waals surface area contributed by atoms with E-state index in [4.69, 9.17) is 6.57 Å². The molecule has 1 atom stereocenters. The Balaban J connectivity index is 3.51. The highest BCUT2D eigenvalue weighted by molar-refractivity contribution is 4.88. The lowest BCUT2D eigenvalue weighted by atomic mass is 9.94. The second kappa shape index (κ2) is 5.96. The molecule has 1 nitrogen and oxygen atoms in total. The molecule has 0 saturated carbocycles. The minimum absolute atomic E-state index is 0.215. The van der Waals surface area contributed by atoms with Gasteiger partial charge in [0.15, 0.2) is 0 Å². The van der Waals surface area contributed by atoms with E-state index in [2.05, 4.69) is 11.8 Å². The van der Waals surface area contributed by atoms with E-state index in [-0.39, 0.29) is 12.2 Å². The van der Waals surface area contributed by atoms with Crippen LogP contribution in [0.25, 0.3) is 4.85 Å². The van der Waals surface area contributed by atoms with Crippen molar-refractivity contribution in [2.45, 2.75) is 52.0 Å². The average Bonchev–Trinajstić information content (AvgIpc) is 2.05. The number of rotatable bonds is 6. The van der Waals surface area contributed by atoms with Gasteiger partial charge in [0, 0.05) is 20.3 Å². The molecule has 0 saturated heterocycles. The maximum absolute atomic E-state index is 11.9. The van der Waals surface area contributed by atoms with E-state index in [9.17, 15) is 4.39 Å². The van der Waals surface area contributed by atoms with Crippen LogP contribution in [-0.2, 0) is 0 Å². The standard InChI is InChI=1S/C11H20FN/c1-10(7-9-12)6-5-8-11(2,3)13-4/h10H,5-9H2,1-3H3. The van der Waals surface area contributed by atoms with Gasteiger partial charge in [0.2, 0.25) is 5.54 Å². The van der Waals surface area contributed by atoms with E-state index < -0.39 is 0 Å². The van der Waals surface area contributed by atoms with Gasteiger partial charge in [-0.25, -0.2) is 6.57 Å². The number of alkyl halides is 1. The highest BCUT2D eigenvalue weighted by Crippen LogP contribution is 2.20. The third-order valence-corrected chi connectivity index (χ3v) is 2.39. The molecule has 0 aliphatic heterocycles. The maximum Gasteiger partial charge on any atom is 0.227 e. The average molecular weight is 185 g/mol. The summed E-state index contributed by atoms with van der Waals surface area (Å²) in [5.74, 6) is 0.464. The first-order valence-electron chi connectivity index (χ1n) is 4.96. The van der Waals surface area contributed by atoms with Crippen molar-refractivity contribution in [2.24, 2.45) is 5.92 Å². The van der Waals surface area contributed by atoms with Crippen molar-refractivity contribution in [3.8, 4) is 0 Å². The first-order valence-corrected chi connectivity index (χ1v) is 4.96. The van der Waals surface area contributed by atoms with Gasteiger partial charge in [-0.1, -0.05) is 13.3 Å². The zero-order valence-corrected chi connectivity index (χ0v) is 8.94. The van der Waals surface area contributed by atoms with Crippen LogP contribution in [0.15, 0.2) is 0 Å². The second-order valence-corrected chi connectivity index (χ2v) is 4.40. The van der Waals surface area contributed by atoms with Crippen LogP contribution in [0.5, 0.6) is 0 Å². The van der Waals surface area contributed by atoms with Crippen LogP contribution in [0, 0.1) is 12.5 Å². The molecule has 76 valence electrons. The van der Waals surface area contributed by atoms with E-state index in [1.165, 1.54) is 0 Å². The smallest absolute Gasteiger partial charge is 0.227 e. The van der Waals surface area contributed by atoms with Gasteiger partial charge in [-0.3, -0.25) is 4.39 Å². The Hall–Kier alpha value is -0.580. The van der Waals surface area contributed by atoms with Gasteiger partial charge in [-0.05, 0) is 18.8 Å². The van der Waals surface area contributed by atoms with Gasteiger partial charge in [0.05, 0.1) is 6.67 Å². The van der Waals surface area contributed by atoms with E-state index >= 15 is 0 Å². The number of halogens is 1. The van der Waals surface area contributed by atoms with Crippen molar-refractivity contribution in [1.82, 2.24) is 0 Å². The Morgan fingerprint density at radius 3 is 2.46 bits per heavy atom. The molecule has 0 aromatic rings. The predicted octanol–water partition coefficient (Wildman–Crippen LogP) is 3.85. The monoisotopic (exact) mass is 185 g/mol. The molecule has 0 bridgehead atoms. The minimum atomic E-state index is -0.227. The molecule has 0 radical (unpaired) electrons. The zero-order valence-electron chi connectivity index (χ0n) is 8.94. The van der Waals surface area contributed by atoms with Gasteiger partial charge in [-0.2, -0.15) is 0 Å². The van der Waals surface area contributed by atoms with E-state index in [1.54, 1.807) is 0 Å². The third-order valence-electron chi connectivity index (χ3n) is 2.39. The fourth-order valence-corrected chi connectivity index (χ4v) is 1.27. The van der Waals surface area contributed by atoms with Crippen molar-refractivity contribution in [2.75, 3.05) is 6.67 Å². The fourth-order valence-electron chi connectivity index (χ4n) is 1.27. The number of nitrogens with zero attached hydrogens (tertiary/aromatic N) is 1. The molecule has 0 aliphatic rings. The molecule has 0 rings (SSSR count). The molecule has 2 heteroatoms. The maximum atomic E-state index is 11.9. The van der Waals surface area contributed by atoms with Crippen LogP contribution in [0.1, 0.15) is 46.5 Å². The summed E-state index contributed by atoms with van der Waals surface area (Å²) < 4.78 is 11.9.